The Labute approximate surface area is 229 Å². The second-order valence-electron chi connectivity index (χ2n) is 8.55. The molecule has 0 radical (unpaired) electrons. The SMILES string of the molecule is CCOc1cc(C=Nn2c(-c3cccc(C(F)(F)F)c3)nc3ccccc3c2=O)cc([N+](=O)[O-])c1O[C@@H](C)C(=O)O. The number of nitro groups is 1. The van der Waals surface area contributed by atoms with E-state index in [0.29, 0.717) is 0 Å². The van der Waals surface area contributed by atoms with Crippen LogP contribution in [0.25, 0.3) is 22.3 Å². The van der Waals surface area contributed by atoms with Gasteiger partial charge in [-0.05, 0) is 44.2 Å². The number of nitro benzene ring substituents is 1. The largest absolute Gasteiger partial charge is 0.490 e. The zero-order valence-corrected chi connectivity index (χ0v) is 21.5. The maximum absolute atomic E-state index is 13.4. The summed E-state index contributed by atoms with van der Waals surface area (Å²) in [7, 11) is 0. The summed E-state index contributed by atoms with van der Waals surface area (Å²) < 4.78 is 51.8. The number of alkyl halides is 3. The van der Waals surface area contributed by atoms with Gasteiger partial charge < -0.3 is 14.6 Å². The van der Waals surface area contributed by atoms with Gasteiger partial charge in [-0.1, -0.05) is 24.3 Å². The van der Waals surface area contributed by atoms with E-state index >= 15 is 0 Å². The molecule has 1 atom stereocenters. The van der Waals surface area contributed by atoms with Gasteiger partial charge in [-0.2, -0.15) is 22.9 Å². The molecule has 0 bridgehead atoms. The third-order valence-corrected chi connectivity index (χ3v) is 5.72. The van der Waals surface area contributed by atoms with Crippen LogP contribution in [-0.2, 0) is 11.0 Å². The van der Waals surface area contributed by atoms with E-state index in [4.69, 9.17) is 9.47 Å². The van der Waals surface area contributed by atoms with Gasteiger partial charge in [-0.15, -0.1) is 0 Å². The molecule has 0 amide bonds. The zero-order valence-electron chi connectivity index (χ0n) is 21.5. The Bertz CT molecular complexity index is 1730. The quantitative estimate of drug-likeness (QED) is 0.166. The third-order valence-electron chi connectivity index (χ3n) is 5.72. The average Bonchev–Trinajstić information content (AvgIpc) is 2.93. The van der Waals surface area contributed by atoms with Crippen molar-refractivity contribution in [1.29, 1.82) is 0 Å². The molecule has 0 aliphatic carbocycles. The average molecular weight is 570 g/mol. The lowest BCUT2D eigenvalue weighted by molar-refractivity contribution is -0.386. The van der Waals surface area contributed by atoms with Crippen molar-refractivity contribution in [2.45, 2.75) is 26.1 Å². The summed E-state index contributed by atoms with van der Waals surface area (Å²) in [6.45, 7) is 2.83. The molecule has 0 aliphatic heterocycles. The smallest absolute Gasteiger partial charge is 0.416 e. The molecule has 41 heavy (non-hydrogen) atoms. The molecule has 0 saturated heterocycles. The van der Waals surface area contributed by atoms with Crippen LogP contribution in [0.5, 0.6) is 11.5 Å². The Hall–Kier alpha value is -5.27. The molecule has 3 aromatic carbocycles. The molecule has 0 unspecified atom stereocenters. The number of rotatable bonds is 9. The van der Waals surface area contributed by atoms with Crippen LogP contribution >= 0.6 is 0 Å². The lowest BCUT2D eigenvalue weighted by Crippen LogP contribution is -2.23. The van der Waals surface area contributed by atoms with Gasteiger partial charge in [0.15, 0.2) is 17.7 Å². The molecule has 212 valence electrons. The zero-order chi connectivity index (χ0) is 29.9. The number of nitrogens with zero attached hydrogens (tertiary/aromatic N) is 4. The Morgan fingerprint density at radius 1 is 1.20 bits per heavy atom. The van der Waals surface area contributed by atoms with Crippen molar-refractivity contribution in [2.24, 2.45) is 5.10 Å². The molecule has 4 rings (SSSR count). The minimum absolute atomic E-state index is 0.0450. The van der Waals surface area contributed by atoms with Crippen LogP contribution in [0.1, 0.15) is 25.0 Å². The van der Waals surface area contributed by atoms with Crippen molar-refractivity contribution in [1.82, 2.24) is 9.66 Å². The van der Waals surface area contributed by atoms with E-state index in [-0.39, 0.29) is 40.2 Å². The van der Waals surface area contributed by atoms with Crippen LogP contribution in [0.15, 0.2) is 70.6 Å². The predicted octanol–water partition coefficient (Wildman–Crippen LogP) is 5.12. The van der Waals surface area contributed by atoms with E-state index in [2.05, 4.69) is 10.1 Å². The van der Waals surface area contributed by atoms with E-state index < -0.39 is 45.7 Å². The maximum atomic E-state index is 13.4. The predicted molar refractivity (Wildman–Crippen MR) is 141 cm³/mol. The number of carbonyl (C=O) groups is 1. The van der Waals surface area contributed by atoms with Crippen molar-refractivity contribution in [3.05, 3.63) is 92.3 Å². The number of carboxylic acids is 1. The first-order valence-electron chi connectivity index (χ1n) is 12.0. The molecule has 0 aliphatic rings. The summed E-state index contributed by atoms with van der Waals surface area (Å²) in [5.41, 5.74) is -2.07. The molecule has 0 fully saturated rings. The second kappa shape index (κ2) is 11.5. The minimum atomic E-state index is -4.65. The molecule has 0 saturated carbocycles. The van der Waals surface area contributed by atoms with Crippen LogP contribution in [0.4, 0.5) is 18.9 Å². The lowest BCUT2D eigenvalue weighted by atomic mass is 10.1. The highest BCUT2D eigenvalue weighted by molar-refractivity contribution is 5.84. The first-order chi connectivity index (χ1) is 19.4. The van der Waals surface area contributed by atoms with Crippen LogP contribution < -0.4 is 15.0 Å². The highest BCUT2D eigenvalue weighted by atomic mass is 19.4. The van der Waals surface area contributed by atoms with E-state index in [0.717, 1.165) is 29.1 Å². The van der Waals surface area contributed by atoms with Gasteiger partial charge in [0.05, 0.1) is 34.2 Å². The van der Waals surface area contributed by atoms with Gasteiger partial charge in [-0.25, -0.2) is 9.78 Å². The van der Waals surface area contributed by atoms with Gasteiger partial charge in [0.1, 0.15) is 0 Å². The maximum Gasteiger partial charge on any atom is 0.416 e. The summed E-state index contributed by atoms with van der Waals surface area (Å²) in [5, 5.41) is 25.3. The Balaban J connectivity index is 1.91. The van der Waals surface area contributed by atoms with E-state index in [9.17, 15) is 38.0 Å². The fraction of sp³-hybridized carbons (Fsp3) is 0.185. The lowest BCUT2D eigenvalue weighted by Gasteiger charge is -2.15. The highest BCUT2D eigenvalue weighted by Crippen LogP contribution is 2.39. The second-order valence-corrected chi connectivity index (χ2v) is 8.55. The Morgan fingerprint density at radius 3 is 2.59 bits per heavy atom. The van der Waals surface area contributed by atoms with E-state index in [1.54, 1.807) is 19.1 Å². The summed E-state index contributed by atoms with van der Waals surface area (Å²) in [5.74, 6) is -2.14. The standard InChI is InChI=1S/C27H21F3N4O7/c1-3-40-22-12-16(11-21(34(38)39)23(22)41-15(2)26(36)37)14-31-33-24(17-7-6-8-18(13-17)27(28,29)30)32-20-10-5-4-9-19(20)25(33)35/h4-15H,3H2,1-2H3,(H,36,37)/t15-/m0/s1. The molecular weight excluding hydrogens is 549 g/mol. The number of hydrogen-bond donors (Lipinski definition) is 1. The Kier molecular flexibility index (Phi) is 8.03. The number of carboxylic acid groups (broad SMARTS) is 1. The summed E-state index contributed by atoms with van der Waals surface area (Å²) in [6, 6.07) is 12.7. The molecule has 1 N–H and O–H groups in total. The van der Waals surface area contributed by atoms with Crippen molar-refractivity contribution in [3.8, 4) is 22.9 Å². The van der Waals surface area contributed by atoms with Crippen LogP contribution in [-0.4, -0.2) is 44.6 Å². The first kappa shape index (κ1) is 28.7. The highest BCUT2D eigenvalue weighted by Gasteiger charge is 2.31. The fourth-order valence-electron chi connectivity index (χ4n) is 3.80. The number of benzene rings is 3. The van der Waals surface area contributed by atoms with Gasteiger partial charge in [-0.3, -0.25) is 14.9 Å². The van der Waals surface area contributed by atoms with Crippen molar-refractivity contribution in [2.75, 3.05) is 6.61 Å². The minimum Gasteiger partial charge on any atom is -0.490 e. The molecular formula is C27H21F3N4O7. The molecule has 14 heteroatoms. The van der Waals surface area contributed by atoms with Crippen LogP contribution in [0, 0.1) is 10.1 Å². The van der Waals surface area contributed by atoms with Gasteiger partial charge in [0.25, 0.3) is 5.56 Å². The number of aromatic nitrogens is 2. The summed E-state index contributed by atoms with van der Waals surface area (Å²) in [4.78, 5) is 40.1. The molecule has 11 nitrogen and oxygen atoms in total. The normalized spacial score (nSPS) is 12.4. The molecule has 0 spiro atoms. The van der Waals surface area contributed by atoms with Crippen molar-refractivity contribution in [3.63, 3.8) is 0 Å². The van der Waals surface area contributed by atoms with E-state index in [1.807, 2.05) is 0 Å². The van der Waals surface area contributed by atoms with Gasteiger partial charge in [0.2, 0.25) is 5.75 Å². The Morgan fingerprint density at radius 2 is 1.93 bits per heavy atom. The topological polar surface area (TPSA) is 146 Å². The number of aliphatic carboxylic acids is 1. The molecule has 4 aromatic rings. The fourth-order valence-corrected chi connectivity index (χ4v) is 3.80. The molecule has 1 aromatic heterocycles. The van der Waals surface area contributed by atoms with Gasteiger partial charge in [0, 0.05) is 17.2 Å². The first-order valence-corrected chi connectivity index (χ1v) is 12.0. The van der Waals surface area contributed by atoms with Crippen molar-refractivity contribution < 1.29 is 37.5 Å². The number of hydrogen-bond acceptors (Lipinski definition) is 8. The number of ether oxygens (including phenoxy) is 2. The summed E-state index contributed by atoms with van der Waals surface area (Å²) >= 11 is 0. The monoisotopic (exact) mass is 570 g/mol. The van der Waals surface area contributed by atoms with Crippen LogP contribution in [0.2, 0.25) is 0 Å². The van der Waals surface area contributed by atoms with Gasteiger partial charge >= 0.3 is 17.8 Å². The molecule has 1 heterocycles. The number of para-hydroxylation sites is 1. The number of fused-ring (bicyclic) bond motifs is 1. The van der Waals surface area contributed by atoms with E-state index in [1.165, 1.54) is 37.3 Å². The van der Waals surface area contributed by atoms with Crippen LogP contribution in [0.3, 0.4) is 0 Å². The van der Waals surface area contributed by atoms with Crippen molar-refractivity contribution >= 4 is 28.8 Å². The summed E-state index contributed by atoms with van der Waals surface area (Å²) in [6.07, 6.45) is -5.03. The third kappa shape index (κ3) is 6.16. The number of halogens is 3.